The highest BCUT2D eigenvalue weighted by molar-refractivity contribution is 6.43. The van der Waals surface area contributed by atoms with E-state index in [2.05, 4.69) is 0 Å². The molecule has 0 heterocycles. The summed E-state index contributed by atoms with van der Waals surface area (Å²) >= 11 is 11.9. The predicted octanol–water partition coefficient (Wildman–Crippen LogP) is 3.18. The number of hydrogen-bond acceptors (Lipinski definition) is 2. The standard InChI is InChI=1S/C13H15Cl2NO3/c1-3-16(7-8(2)13(18)19)12(17)9-5-4-6-10(14)11(9)15/h4-6,8H,3,7H2,1-2H3,(H,18,19). The molecule has 1 N–H and O–H groups in total. The first kappa shape index (κ1) is 15.8. The van der Waals surface area contributed by atoms with Gasteiger partial charge in [-0.15, -0.1) is 0 Å². The van der Waals surface area contributed by atoms with Gasteiger partial charge in [0, 0.05) is 13.1 Å². The normalized spacial score (nSPS) is 12.0. The minimum Gasteiger partial charge on any atom is -0.481 e. The van der Waals surface area contributed by atoms with Crippen LogP contribution in [0, 0.1) is 5.92 Å². The third-order valence-corrected chi connectivity index (χ3v) is 3.59. The summed E-state index contributed by atoms with van der Waals surface area (Å²) in [6.45, 7) is 3.87. The van der Waals surface area contributed by atoms with Crippen molar-refractivity contribution in [3.8, 4) is 0 Å². The molecular formula is C13H15Cl2NO3. The SMILES string of the molecule is CCN(CC(C)C(=O)O)C(=O)c1cccc(Cl)c1Cl. The topological polar surface area (TPSA) is 57.6 Å². The molecule has 0 spiro atoms. The van der Waals surface area contributed by atoms with Crippen LogP contribution < -0.4 is 0 Å². The fourth-order valence-electron chi connectivity index (χ4n) is 1.60. The number of hydrogen-bond donors (Lipinski definition) is 1. The molecule has 0 aliphatic heterocycles. The number of nitrogens with zero attached hydrogens (tertiary/aromatic N) is 1. The summed E-state index contributed by atoms with van der Waals surface area (Å²) in [6, 6.07) is 4.80. The third-order valence-electron chi connectivity index (χ3n) is 2.77. The molecule has 19 heavy (non-hydrogen) atoms. The van der Waals surface area contributed by atoms with Crippen LogP contribution in [0.2, 0.25) is 10.0 Å². The second-order valence-electron chi connectivity index (χ2n) is 4.18. The van der Waals surface area contributed by atoms with Crippen molar-refractivity contribution in [2.75, 3.05) is 13.1 Å². The van der Waals surface area contributed by atoms with Gasteiger partial charge in [0.15, 0.2) is 0 Å². The van der Waals surface area contributed by atoms with Crippen molar-refractivity contribution in [3.63, 3.8) is 0 Å². The van der Waals surface area contributed by atoms with E-state index >= 15 is 0 Å². The van der Waals surface area contributed by atoms with E-state index in [9.17, 15) is 9.59 Å². The number of aliphatic carboxylic acids is 1. The van der Waals surface area contributed by atoms with Crippen LogP contribution in [0.3, 0.4) is 0 Å². The number of carbonyl (C=O) groups excluding carboxylic acids is 1. The Labute approximate surface area is 121 Å². The largest absolute Gasteiger partial charge is 0.481 e. The van der Waals surface area contributed by atoms with Gasteiger partial charge in [-0.1, -0.05) is 36.2 Å². The van der Waals surface area contributed by atoms with Crippen molar-refractivity contribution < 1.29 is 14.7 Å². The lowest BCUT2D eigenvalue weighted by Crippen LogP contribution is -2.36. The van der Waals surface area contributed by atoms with Crippen LogP contribution in [0.15, 0.2) is 18.2 Å². The van der Waals surface area contributed by atoms with E-state index in [4.69, 9.17) is 28.3 Å². The molecule has 1 rings (SSSR count). The van der Waals surface area contributed by atoms with Crippen LogP contribution in [-0.2, 0) is 4.79 Å². The van der Waals surface area contributed by atoms with Crippen molar-refractivity contribution >= 4 is 35.1 Å². The quantitative estimate of drug-likeness (QED) is 0.909. The average molecular weight is 304 g/mol. The average Bonchev–Trinajstić information content (AvgIpc) is 2.38. The van der Waals surface area contributed by atoms with Gasteiger partial charge in [0.1, 0.15) is 0 Å². The Morgan fingerprint density at radius 3 is 2.53 bits per heavy atom. The molecule has 4 nitrogen and oxygen atoms in total. The van der Waals surface area contributed by atoms with Gasteiger partial charge in [0.25, 0.3) is 5.91 Å². The zero-order chi connectivity index (χ0) is 14.6. The molecule has 0 fully saturated rings. The molecule has 0 aliphatic rings. The molecule has 0 bridgehead atoms. The van der Waals surface area contributed by atoms with E-state index < -0.39 is 11.9 Å². The monoisotopic (exact) mass is 303 g/mol. The number of halogens is 2. The number of rotatable bonds is 5. The molecule has 0 saturated carbocycles. The first-order valence-electron chi connectivity index (χ1n) is 5.84. The molecule has 0 aromatic heterocycles. The zero-order valence-electron chi connectivity index (χ0n) is 10.7. The molecule has 104 valence electrons. The van der Waals surface area contributed by atoms with Crippen LogP contribution in [0.25, 0.3) is 0 Å². The maximum Gasteiger partial charge on any atom is 0.308 e. The lowest BCUT2D eigenvalue weighted by atomic mass is 10.1. The van der Waals surface area contributed by atoms with E-state index in [1.165, 1.54) is 4.90 Å². The fraction of sp³-hybridized carbons (Fsp3) is 0.385. The second-order valence-corrected chi connectivity index (χ2v) is 4.97. The lowest BCUT2D eigenvalue weighted by molar-refractivity contribution is -0.141. The first-order valence-corrected chi connectivity index (χ1v) is 6.60. The van der Waals surface area contributed by atoms with Crippen LogP contribution in [0.5, 0.6) is 0 Å². The highest BCUT2D eigenvalue weighted by Crippen LogP contribution is 2.26. The van der Waals surface area contributed by atoms with Crippen LogP contribution in [-0.4, -0.2) is 35.0 Å². The minimum atomic E-state index is -0.941. The molecule has 6 heteroatoms. The van der Waals surface area contributed by atoms with E-state index in [1.807, 2.05) is 0 Å². The number of carboxylic acids is 1. The Morgan fingerprint density at radius 1 is 1.37 bits per heavy atom. The summed E-state index contributed by atoms with van der Waals surface area (Å²) < 4.78 is 0. The van der Waals surface area contributed by atoms with Crippen molar-refractivity contribution in [1.29, 1.82) is 0 Å². The van der Waals surface area contributed by atoms with Crippen LogP contribution in [0.4, 0.5) is 0 Å². The Morgan fingerprint density at radius 2 is 2.00 bits per heavy atom. The number of amides is 1. The number of benzene rings is 1. The van der Waals surface area contributed by atoms with Crippen LogP contribution >= 0.6 is 23.2 Å². The smallest absolute Gasteiger partial charge is 0.308 e. The summed E-state index contributed by atoms with van der Waals surface area (Å²) in [7, 11) is 0. The summed E-state index contributed by atoms with van der Waals surface area (Å²) in [5.74, 6) is -1.89. The molecule has 1 aromatic carbocycles. The summed E-state index contributed by atoms with van der Waals surface area (Å²) in [5, 5.41) is 9.38. The Kier molecular flexibility index (Phi) is 5.63. The third kappa shape index (κ3) is 3.85. The number of carbonyl (C=O) groups is 2. The number of carboxylic acid groups (broad SMARTS) is 1. The van der Waals surface area contributed by atoms with Gasteiger partial charge in [-0.3, -0.25) is 9.59 Å². The van der Waals surface area contributed by atoms with Gasteiger partial charge in [0.2, 0.25) is 0 Å². The molecule has 1 aromatic rings. The molecule has 1 amide bonds. The van der Waals surface area contributed by atoms with Gasteiger partial charge >= 0.3 is 5.97 Å². The van der Waals surface area contributed by atoms with Crippen molar-refractivity contribution in [3.05, 3.63) is 33.8 Å². The minimum absolute atomic E-state index is 0.132. The van der Waals surface area contributed by atoms with E-state index in [-0.39, 0.29) is 23.0 Å². The van der Waals surface area contributed by atoms with Gasteiger partial charge in [-0.25, -0.2) is 0 Å². The van der Waals surface area contributed by atoms with Gasteiger partial charge in [-0.2, -0.15) is 0 Å². The molecule has 0 aliphatic carbocycles. The summed E-state index contributed by atoms with van der Waals surface area (Å²) in [6.07, 6.45) is 0. The van der Waals surface area contributed by atoms with Crippen molar-refractivity contribution in [2.24, 2.45) is 5.92 Å². The molecule has 0 saturated heterocycles. The Hall–Kier alpha value is -1.26. The van der Waals surface area contributed by atoms with Gasteiger partial charge in [-0.05, 0) is 19.1 Å². The van der Waals surface area contributed by atoms with Gasteiger partial charge < -0.3 is 10.0 Å². The maximum absolute atomic E-state index is 12.3. The fourth-order valence-corrected chi connectivity index (χ4v) is 1.98. The van der Waals surface area contributed by atoms with Crippen LogP contribution in [0.1, 0.15) is 24.2 Å². The molecular weight excluding hydrogens is 289 g/mol. The lowest BCUT2D eigenvalue weighted by Gasteiger charge is -2.23. The zero-order valence-corrected chi connectivity index (χ0v) is 12.2. The second kappa shape index (κ2) is 6.78. The summed E-state index contributed by atoms with van der Waals surface area (Å²) in [4.78, 5) is 24.6. The van der Waals surface area contributed by atoms with E-state index in [0.29, 0.717) is 11.6 Å². The summed E-state index contributed by atoms with van der Waals surface area (Å²) in [5.41, 5.74) is 0.286. The highest BCUT2D eigenvalue weighted by Gasteiger charge is 2.22. The Balaban J connectivity index is 2.96. The van der Waals surface area contributed by atoms with E-state index in [1.54, 1.807) is 32.0 Å². The molecule has 1 unspecified atom stereocenters. The first-order chi connectivity index (χ1) is 8.88. The highest BCUT2D eigenvalue weighted by atomic mass is 35.5. The predicted molar refractivity (Wildman–Crippen MR) is 74.8 cm³/mol. The Bertz CT molecular complexity index is 491. The maximum atomic E-state index is 12.3. The van der Waals surface area contributed by atoms with Crippen molar-refractivity contribution in [1.82, 2.24) is 4.90 Å². The molecule has 1 atom stereocenters. The molecule has 0 radical (unpaired) electrons. The van der Waals surface area contributed by atoms with Gasteiger partial charge in [0.05, 0.1) is 21.5 Å². The van der Waals surface area contributed by atoms with Crippen molar-refractivity contribution in [2.45, 2.75) is 13.8 Å². The van der Waals surface area contributed by atoms with E-state index in [0.717, 1.165) is 0 Å².